The van der Waals surface area contributed by atoms with E-state index in [1.807, 2.05) is 0 Å². The number of rotatable bonds is 4. The minimum atomic E-state index is -1.54. The maximum atomic E-state index is 12.7. The van der Waals surface area contributed by atoms with Crippen molar-refractivity contribution in [2.75, 3.05) is 19.6 Å². The average Bonchev–Trinajstić information content (AvgIpc) is 2.64. The van der Waals surface area contributed by atoms with Gasteiger partial charge in [0.15, 0.2) is 0 Å². The Balaban J connectivity index is 2.18. The molecule has 2 N–H and O–H groups in total. The van der Waals surface area contributed by atoms with Gasteiger partial charge in [-0.3, -0.25) is 4.79 Å². The average molecular weight is 297 g/mol. The standard InChI is InChI=1S/C14H23N3O4/c1-4-7-16-8-5-14(6-9-16)10(18)17(12(21)15-14)13(2,3)11(19)20/h4-9H2,1-3H3,(H,15,21)(H,19,20). The van der Waals surface area contributed by atoms with Gasteiger partial charge in [0.2, 0.25) is 0 Å². The second-order valence-electron chi connectivity index (χ2n) is 6.36. The first kappa shape index (κ1) is 15.8. The highest BCUT2D eigenvalue weighted by Crippen LogP contribution is 2.33. The van der Waals surface area contributed by atoms with Crippen molar-refractivity contribution in [3.8, 4) is 0 Å². The van der Waals surface area contributed by atoms with Gasteiger partial charge >= 0.3 is 12.0 Å². The molecule has 2 rings (SSSR count). The van der Waals surface area contributed by atoms with Crippen LogP contribution in [0.2, 0.25) is 0 Å². The van der Waals surface area contributed by atoms with Gasteiger partial charge in [-0.15, -0.1) is 0 Å². The normalized spacial score (nSPS) is 22.7. The van der Waals surface area contributed by atoms with E-state index in [9.17, 15) is 19.5 Å². The van der Waals surface area contributed by atoms with E-state index in [0.717, 1.165) is 31.0 Å². The first-order chi connectivity index (χ1) is 9.74. The Kier molecular flexibility index (Phi) is 3.97. The zero-order valence-corrected chi connectivity index (χ0v) is 12.8. The Morgan fingerprint density at radius 2 is 1.90 bits per heavy atom. The van der Waals surface area contributed by atoms with E-state index in [0.29, 0.717) is 12.8 Å². The third kappa shape index (κ3) is 2.50. The van der Waals surface area contributed by atoms with Crippen LogP contribution < -0.4 is 5.32 Å². The number of hydrogen-bond acceptors (Lipinski definition) is 4. The van der Waals surface area contributed by atoms with E-state index in [4.69, 9.17) is 0 Å². The Labute approximate surface area is 124 Å². The number of imide groups is 1. The quantitative estimate of drug-likeness (QED) is 0.743. The monoisotopic (exact) mass is 297 g/mol. The number of carboxylic acid groups (broad SMARTS) is 1. The molecule has 2 heterocycles. The van der Waals surface area contributed by atoms with E-state index in [1.165, 1.54) is 13.8 Å². The predicted octanol–water partition coefficient (Wildman–Crippen LogP) is 0.646. The summed E-state index contributed by atoms with van der Waals surface area (Å²) in [5.74, 6) is -1.59. The maximum absolute atomic E-state index is 12.7. The molecular weight excluding hydrogens is 274 g/mol. The van der Waals surface area contributed by atoms with Crippen LogP contribution in [0.25, 0.3) is 0 Å². The smallest absolute Gasteiger partial charge is 0.329 e. The fraction of sp³-hybridized carbons (Fsp3) is 0.786. The topological polar surface area (TPSA) is 90.0 Å². The number of aliphatic carboxylic acids is 1. The van der Waals surface area contributed by atoms with Crippen LogP contribution in [0.1, 0.15) is 40.0 Å². The van der Waals surface area contributed by atoms with Gasteiger partial charge < -0.3 is 15.3 Å². The van der Waals surface area contributed by atoms with Gasteiger partial charge in [-0.05, 0) is 39.7 Å². The molecule has 0 aromatic heterocycles. The highest BCUT2D eigenvalue weighted by atomic mass is 16.4. The molecular formula is C14H23N3O4. The first-order valence-corrected chi connectivity index (χ1v) is 7.37. The van der Waals surface area contributed by atoms with Gasteiger partial charge in [-0.1, -0.05) is 6.92 Å². The summed E-state index contributed by atoms with van der Waals surface area (Å²) in [6, 6.07) is -0.601. The Morgan fingerprint density at radius 1 is 1.33 bits per heavy atom. The lowest BCUT2D eigenvalue weighted by atomic mass is 9.86. The van der Waals surface area contributed by atoms with Gasteiger partial charge in [0, 0.05) is 13.1 Å². The number of urea groups is 1. The number of carbonyl (C=O) groups is 3. The lowest BCUT2D eigenvalue weighted by molar-refractivity contribution is -0.154. The van der Waals surface area contributed by atoms with Crippen LogP contribution in [-0.2, 0) is 9.59 Å². The van der Waals surface area contributed by atoms with Gasteiger partial charge in [0.1, 0.15) is 11.1 Å². The van der Waals surface area contributed by atoms with Crippen LogP contribution in [0.5, 0.6) is 0 Å². The summed E-state index contributed by atoms with van der Waals surface area (Å²) in [5.41, 5.74) is -2.46. The fourth-order valence-electron chi connectivity index (χ4n) is 3.04. The number of nitrogens with zero attached hydrogens (tertiary/aromatic N) is 2. The molecule has 0 aliphatic carbocycles. The summed E-state index contributed by atoms with van der Waals surface area (Å²) in [6.45, 7) is 7.30. The van der Waals surface area contributed by atoms with Crippen molar-refractivity contribution in [1.29, 1.82) is 0 Å². The largest absolute Gasteiger partial charge is 0.480 e. The molecule has 7 heteroatoms. The van der Waals surface area contributed by atoms with Crippen molar-refractivity contribution in [3.05, 3.63) is 0 Å². The molecule has 0 bridgehead atoms. The molecule has 21 heavy (non-hydrogen) atoms. The van der Waals surface area contributed by atoms with Gasteiger partial charge in [0.05, 0.1) is 0 Å². The molecule has 0 saturated carbocycles. The van der Waals surface area contributed by atoms with Crippen LogP contribution in [-0.4, -0.2) is 63.5 Å². The summed E-state index contributed by atoms with van der Waals surface area (Å²) in [4.78, 5) is 39.3. The summed E-state index contributed by atoms with van der Waals surface area (Å²) in [6.07, 6.45) is 2.11. The van der Waals surface area contributed by atoms with Crippen LogP contribution in [0.4, 0.5) is 4.79 Å². The first-order valence-electron chi connectivity index (χ1n) is 7.37. The van der Waals surface area contributed by atoms with Gasteiger partial charge in [-0.2, -0.15) is 0 Å². The summed E-state index contributed by atoms with van der Waals surface area (Å²) < 4.78 is 0. The number of piperidine rings is 1. The molecule has 3 amide bonds. The maximum Gasteiger partial charge on any atom is 0.329 e. The number of nitrogens with one attached hydrogen (secondary N) is 1. The van der Waals surface area contributed by atoms with E-state index in [2.05, 4.69) is 17.1 Å². The van der Waals surface area contributed by atoms with Crippen molar-refractivity contribution < 1.29 is 19.5 Å². The highest BCUT2D eigenvalue weighted by molar-refractivity contribution is 6.10. The number of amides is 3. The second-order valence-corrected chi connectivity index (χ2v) is 6.36. The van der Waals surface area contributed by atoms with E-state index >= 15 is 0 Å². The number of hydrogen-bond donors (Lipinski definition) is 2. The summed E-state index contributed by atoms with van der Waals surface area (Å²) >= 11 is 0. The van der Waals surface area contributed by atoms with E-state index in [-0.39, 0.29) is 0 Å². The molecule has 2 aliphatic rings. The zero-order chi connectivity index (χ0) is 15.8. The molecule has 2 saturated heterocycles. The Bertz CT molecular complexity index is 467. The van der Waals surface area contributed by atoms with Crippen molar-refractivity contribution in [2.45, 2.75) is 51.1 Å². The van der Waals surface area contributed by atoms with Crippen molar-refractivity contribution in [2.24, 2.45) is 0 Å². The van der Waals surface area contributed by atoms with E-state index in [1.54, 1.807) is 0 Å². The minimum absolute atomic E-state index is 0.406. The third-order valence-electron chi connectivity index (χ3n) is 4.49. The van der Waals surface area contributed by atoms with Crippen molar-refractivity contribution >= 4 is 17.9 Å². The minimum Gasteiger partial charge on any atom is -0.480 e. The van der Waals surface area contributed by atoms with Crippen LogP contribution >= 0.6 is 0 Å². The number of likely N-dealkylation sites (tertiary alicyclic amines) is 1. The van der Waals surface area contributed by atoms with Crippen LogP contribution in [0, 0.1) is 0 Å². The highest BCUT2D eigenvalue weighted by Gasteiger charge is 2.57. The molecule has 0 aromatic carbocycles. The lowest BCUT2D eigenvalue weighted by Crippen LogP contribution is -2.57. The predicted molar refractivity (Wildman–Crippen MR) is 75.8 cm³/mol. The second kappa shape index (κ2) is 5.29. The molecule has 0 unspecified atom stereocenters. The SMILES string of the molecule is CCCN1CCC2(CC1)NC(=O)N(C(C)(C)C(=O)O)C2=O. The summed E-state index contributed by atoms with van der Waals surface area (Å²) in [5, 5.41) is 12.0. The summed E-state index contributed by atoms with van der Waals surface area (Å²) in [7, 11) is 0. The lowest BCUT2D eigenvalue weighted by Gasteiger charge is -2.38. The molecule has 2 aliphatic heterocycles. The van der Waals surface area contributed by atoms with Gasteiger partial charge in [0.25, 0.3) is 5.91 Å². The van der Waals surface area contributed by atoms with Crippen LogP contribution in [0.15, 0.2) is 0 Å². The van der Waals surface area contributed by atoms with E-state index < -0.39 is 29.0 Å². The van der Waals surface area contributed by atoms with Gasteiger partial charge in [-0.25, -0.2) is 14.5 Å². The fourth-order valence-corrected chi connectivity index (χ4v) is 3.04. The van der Waals surface area contributed by atoms with Crippen LogP contribution in [0.3, 0.4) is 0 Å². The number of carbonyl (C=O) groups excluding carboxylic acids is 2. The number of carboxylic acids is 1. The molecule has 1 spiro atoms. The molecule has 0 aromatic rings. The van der Waals surface area contributed by atoms with Crippen molar-refractivity contribution in [3.63, 3.8) is 0 Å². The molecule has 7 nitrogen and oxygen atoms in total. The third-order valence-corrected chi connectivity index (χ3v) is 4.49. The van der Waals surface area contributed by atoms with Crippen molar-refractivity contribution in [1.82, 2.24) is 15.1 Å². The zero-order valence-electron chi connectivity index (χ0n) is 12.8. The molecule has 0 radical (unpaired) electrons. The molecule has 0 atom stereocenters. The Morgan fingerprint density at radius 3 is 2.38 bits per heavy atom. The molecule has 118 valence electrons. The Hall–Kier alpha value is -1.63. The molecule has 2 fully saturated rings.